The van der Waals surface area contributed by atoms with Gasteiger partial charge in [0, 0.05) is 18.1 Å². The highest BCUT2D eigenvalue weighted by atomic mass is 79.9. The molecule has 23 heavy (non-hydrogen) atoms. The fourth-order valence-corrected chi connectivity index (χ4v) is 4.54. The van der Waals surface area contributed by atoms with E-state index in [0.717, 1.165) is 5.56 Å². The normalized spacial score (nSPS) is 14.4. The lowest BCUT2D eigenvalue weighted by Gasteiger charge is -2.32. The van der Waals surface area contributed by atoms with Crippen molar-refractivity contribution in [2.45, 2.75) is 23.8 Å². The molecule has 0 aliphatic carbocycles. The molecule has 0 aromatic heterocycles. The monoisotopic (exact) mass is 397 g/mol. The minimum atomic E-state index is -3.63. The van der Waals surface area contributed by atoms with Crippen molar-refractivity contribution in [3.63, 3.8) is 0 Å². The highest BCUT2D eigenvalue weighted by Crippen LogP contribution is 2.29. The van der Waals surface area contributed by atoms with E-state index >= 15 is 0 Å². The summed E-state index contributed by atoms with van der Waals surface area (Å²) in [6.07, 6.45) is 0.645. The smallest absolute Gasteiger partial charge is 0.241 e. The van der Waals surface area contributed by atoms with Crippen molar-refractivity contribution in [1.29, 1.82) is 0 Å². The molecular weight excluding hydrogens is 378 g/mol. The molecule has 0 amide bonds. The molecule has 124 valence electrons. The Morgan fingerprint density at radius 3 is 2.26 bits per heavy atom. The first kappa shape index (κ1) is 18.1. The minimum Gasteiger partial charge on any atom is -0.372 e. The van der Waals surface area contributed by atoms with Gasteiger partial charge in [-0.05, 0) is 40.0 Å². The molecule has 0 aliphatic heterocycles. The molecule has 0 saturated carbocycles. The molecule has 0 heterocycles. The van der Waals surface area contributed by atoms with Crippen LogP contribution in [0.25, 0.3) is 0 Å². The lowest BCUT2D eigenvalue weighted by molar-refractivity contribution is -0.0133. The van der Waals surface area contributed by atoms with E-state index in [-0.39, 0.29) is 11.4 Å². The van der Waals surface area contributed by atoms with Crippen LogP contribution in [-0.2, 0) is 20.4 Å². The molecular formula is C17H20BrNO3S. The molecule has 1 unspecified atom stereocenters. The standard InChI is InChI=1S/C17H20BrNO3S/c1-3-17(22-2,14-9-5-4-6-10-14)13-19-23(20,21)16-12-8-7-11-15(16)18/h4-12,19H,3,13H2,1-2H3. The summed E-state index contributed by atoms with van der Waals surface area (Å²) in [5.41, 5.74) is 0.245. The third-order valence-electron chi connectivity index (χ3n) is 3.94. The lowest BCUT2D eigenvalue weighted by atomic mass is 9.91. The number of halogens is 1. The van der Waals surface area contributed by atoms with Gasteiger partial charge in [0.15, 0.2) is 0 Å². The number of rotatable bonds is 7. The average Bonchev–Trinajstić information content (AvgIpc) is 2.57. The predicted octanol–water partition coefficient (Wildman–Crippen LogP) is 3.68. The Bertz CT molecular complexity index is 743. The number of hydrogen-bond acceptors (Lipinski definition) is 3. The summed E-state index contributed by atoms with van der Waals surface area (Å²) in [7, 11) is -2.03. The van der Waals surface area contributed by atoms with Crippen molar-refractivity contribution in [1.82, 2.24) is 4.72 Å². The molecule has 0 bridgehead atoms. The number of hydrogen-bond donors (Lipinski definition) is 1. The second kappa shape index (κ2) is 7.57. The molecule has 4 nitrogen and oxygen atoms in total. The second-order valence-corrected chi connectivity index (χ2v) is 7.76. The Morgan fingerprint density at radius 1 is 1.09 bits per heavy atom. The van der Waals surface area contributed by atoms with E-state index in [1.54, 1.807) is 31.4 Å². The third-order valence-corrected chi connectivity index (χ3v) is 6.35. The maximum absolute atomic E-state index is 12.6. The van der Waals surface area contributed by atoms with Crippen LogP contribution in [0.2, 0.25) is 0 Å². The zero-order chi connectivity index (χ0) is 16.9. The van der Waals surface area contributed by atoms with Gasteiger partial charge in [-0.15, -0.1) is 0 Å². The van der Waals surface area contributed by atoms with Crippen LogP contribution in [0.15, 0.2) is 64.0 Å². The minimum absolute atomic E-state index is 0.160. The molecule has 0 saturated heterocycles. The molecule has 1 atom stereocenters. The predicted molar refractivity (Wildman–Crippen MR) is 94.8 cm³/mol. The Hall–Kier alpha value is -1.21. The summed E-state index contributed by atoms with van der Waals surface area (Å²) >= 11 is 3.28. The van der Waals surface area contributed by atoms with Gasteiger partial charge in [-0.25, -0.2) is 13.1 Å². The highest BCUT2D eigenvalue weighted by molar-refractivity contribution is 9.10. The van der Waals surface area contributed by atoms with Gasteiger partial charge in [0.25, 0.3) is 0 Å². The van der Waals surface area contributed by atoms with Crippen LogP contribution in [0.4, 0.5) is 0 Å². The molecule has 0 spiro atoms. The lowest BCUT2D eigenvalue weighted by Crippen LogP contribution is -2.41. The van der Waals surface area contributed by atoms with Gasteiger partial charge < -0.3 is 4.74 Å². The zero-order valence-corrected chi connectivity index (χ0v) is 15.5. The van der Waals surface area contributed by atoms with E-state index in [1.807, 2.05) is 37.3 Å². The first-order chi connectivity index (χ1) is 10.9. The molecule has 2 aromatic rings. The summed E-state index contributed by atoms with van der Waals surface area (Å²) in [6, 6.07) is 16.4. The first-order valence-corrected chi connectivity index (χ1v) is 9.57. The SMILES string of the molecule is CCC(CNS(=O)(=O)c1ccccc1Br)(OC)c1ccccc1. The summed E-state index contributed by atoms with van der Waals surface area (Å²) in [5, 5.41) is 0. The van der Waals surface area contributed by atoms with Crippen LogP contribution in [0.1, 0.15) is 18.9 Å². The van der Waals surface area contributed by atoms with Crippen LogP contribution >= 0.6 is 15.9 Å². The van der Waals surface area contributed by atoms with Gasteiger partial charge in [-0.1, -0.05) is 49.4 Å². The van der Waals surface area contributed by atoms with Gasteiger partial charge >= 0.3 is 0 Å². The number of sulfonamides is 1. The maximum Gasteiger partial charge on any atom is 0.241 e. The summed E-state index contributed by atoms with van der Waals surface area (Å²) in [5.74, 6) is 0. The van der Waals surface area contributed by atoms with Gasteiger partial charge in [0.05, 0.1) is 4.90 Å². The molecule has 0 fully saturated rings. The van der Waals surface area contributed by atoms with Gasteiger partial charge in [-0.2, -0.15) is 0 Å². The van der Waals surface area contributed by atoms with Crippen LogP contribution in [-0.4, -0.2) is 22.1 Å². The maximum atomic E-state index is 12.6. The van der Waals surface area contributed by atoms with Crippen molar-refractivity contribution in [3.05, 3.63) is 64.6 Å². The number of ether oxygens (including phenoxy) is 1. The Kier molecular flexibility index (Phi) is 5.97. The Morgan fingerprint density at radius 2 is 1.70 bits per heavy atom. The zero-order valence-electron chi connectivity index (χ0n) is 13.1. The quantitative estimate of drug-likeness (QED) is 0.774. The van der Waals surface area contributed by atoms with Crippen LogP contribution in [0.3, 0.4) is 0 Å². The van der Waals surface area contributed by atoms with Crippen LogP contribution < -0.4 is 4.72 Å². The summed E-state index contributed by atoms with van der Waals surface area (Å²) in [4.78, 5) is 0.217. The molecule has 1 N–H and O–H groups in total. The molecule has 0 radical (unpaired) electrons. The summed E-state index contributed by atoms with van der Waals surface area (Å²) in [6.45, 7) is 2.14. The van der Waals surface area contributed by atoms with E-state index in [4.69, 9.17) is 4.74 Å². The number of nitrogens with one attached hydrogen (secondary N) is 1. The molecule has 2 aromatic carbocycles. The van der Waals surface area contributed by atoms with Gasteiger partial charge in [0.2, 0.25) is 10.0 Å². The van der Waals surface area contributed by atoms with Crippen molar-refractivity contribution < 1.29 is 13.2 Å². The van der Waals surface area contributed by atoms with E-state index in [1.165, 1.54) is 0 Å². The second-order valence-electron chi connectivity index (χ2n) is 5.17. The highest BCUT2D eigenvalue weighted by Gasteiger charge is 2.32. The fourth-order valence-electron chi connectivity index (χ4n) is 2.46. The fraction of sp³-hybridized carbons (Fsp3) is 0.294. The topological polar surface area (TPSA) is 55.4 Å². The van der Waals surface area contributed by atoms with Crippen molar-refractivity contribution in [2.75, 3.05) is 13.7 Å². The van der Waals surface area contributed by atoms with Gasteiger partial charge in [0.1, 0.15) is 5.60 Å². The van der Waals surface area contributed by atoms with E-state index in [0.29, 0.717) is 10.9 Å². The molecule has 0 aliphatic rings. The Labute approximate surface area is 146 Å². The number of benzene rings is 2. The third kappa shape index (κ3) is 4.01. The van der Waals surface area contributed by atoms with Crippen molar-refractivity contribution in [3.8, 4) is 0 Å². The largest absolute Gasteiger partial charge is 0.372 e. The van der Waals surface area contributed by atoms with Gasteiger partial charge in [-0.3, -0.25) is 0 Å². The Balaban J connectivity index is 2.28. The average molecular weight is 398 g/mol. The van der Waals surface area contributed by atoms with Crippen molar-refractivity contribution in [2.24, 2.45) is 0 Å². The number of methoxy groups -OCH3 is 1. The van der Waals surface area contributed by atoms with Crippen LogP contribution in [0.5, 0.6) is 0 Å². The van der Waals surface area contributed by atoms with E-state index in [9.17, 15) is 8.42 Å². The summed E-state index contributed by atoms with van der Waals surface area (Å²) < 4.78 is 34.0. The van der Waals surface area contributed by atoms with Crippen LogP contribution in [0, 0.1) is 0 Å². The first-order valence-electron chi connectivity index (χ1n) is 7.30. The van der Waals surface area contributed by atoms with E-state index < -0.39 is 15.6 Å². The molecule has 2 rings (SSSR count). The molecule has 6 heteroatoms. The van der Waals surface area contributed by atoms with Crippen molar-refractivity contribution >= 4 is 26.0 Å². The van der Waals surface area contributed by atoms with E-state index in [2.05, 4.69) is 20.7 Å².